The summed E-state index contributed by atoms with van der Waals surface area (Å²) in [6.45, 7) is 1.71. The van der Waals surface area contributed by atoms with Crippen molar-refractivity contribution in [1.82, 2.24) is 20.4 Å². The summed E-state index contributed by atoms with van der Waals surface area (Å²) < 4.78 is 0. The Hall–Kier alpha value is -1.07. The molecule has 1 saturated carbocycles. The average molecular weight is 285 g/mol. The molecule has 0 bridgehead atoms. The molecular weight excluding hydrogens is 264 g/mol. The van der Waals surface area contributed by atoms with Gasteiger partial charge in [-0.2, -0.15) is 5.10 Å². The van der Waals surface area contributed by atoms with Crippen molar-refractivity contribution >= 4 is 18.3 Å². The maximum absolute atomic E-state index is 12.5. The van der Waals surface area contributed by atoms with Crippen LogP contribution in [0, 0.1) is 0 Å². The minimum Gasteiger partial charge on any atom is -0.337 e. The summed E-state index contributed by atoms with van der Waals surface area (Å²) >= 11 is 0. The van der Waals surface area contributed by atoms with Gasteiger partial charge in [0.2, 0.25) is 0 Å². The number of hydrogen-bond acceptors (Lipinski definition) is 3. The molecule has 5 nitrogen and oxygen atoms in total. The zero-order valence-corrected chi connectivity index (χ0v) is 12.1. The molecule has 0 aromatic carbocycles. The highest BCUT2D eigenvalue weighted by atomic mass is 35.5. The van der Waals surface area contributed by atoms with Gasteiger partial charge >= 0.3 is 0 Å². The molecule has 1 aromatic heterocycles. The van der Waals surface area contributed by atoms with Crippen LogP contribution in [-0.4, -0.2) is 40.6 Å². The first-order chi connectivity index (χ1) is 8.77. The van der Waals surface area contributed by atoms with E-state index in [0.717, 1.165) is 43.6 Å². The molecule has 3 rings (SSSR count). The fraction of sp³-hybridized carbons (Fsp3) is 0.692. The molecule has 0 saturated heterocycles. The van der Waals surface area contributed by atoms with E-state index in [1.54, 1.807) is 0 Å². The highest BCUT2D eigenvalue weighted by Crippen LogP contribution is 2.25. The van der Waals surface area contributed by atoms with Crippen LogP contribution in [0.1, 0.15) is 47.4 Å². The first-order valence-corrected chi connectivity index (χ1v) is 6.81. The van der Waals surface area contributed by atoms with Crippen LogP contribution in [0.3, 0.4) is 0 Å². The molecule has 1 amide bonds. The lowest BCUT2D eigenvalue weighted by Crippen LogP contribution is -2.36. The Kier molecular flexibility index (Phi) is 4.47. The van der Waals surface area contributed by atoms with Crippen LogP contribution in [0.15, 0.2) is 0 Å². The van der Waals surface area contributed by atoms with Crippen molar-refractivity contribution in [3.8, 4) is 0 Å². The third-order valence-electron chi connectivity index (χ3n) is 4.20. The van der Waals surface area contributed by atoms with E-state index in [4.69, 9.17) is 0 Å². The van der Waals surface area contributed by atoms with Crippen LogP contribution in [0.5, 0.6) is 0 Å². The molecule has 1 aliphatic carbocycles. The molecular formula is C13H21ClN4O. The van der Waals surface area contributed by atoms with Crippen molar-refractivity contribution in [2.24, 2.45) is 0 Å². The van der Waals surface area contributed by atoms with Crippen molar-refractivity contribution in [3.63, 3.8) is 0 Å². The number of fused-ring (bicyclic) bond motifs is 1. The van der Waals surface area contributed by atoms with Crippen LogP contribution in [0.4, 0.5) is 0 Å². The van der Waals surface area contributed by atoms with Crippen LogP contribution in [0.25, 0.3) is 0 Å². The maximum Gasteiger partial charge on any atom is 0.274 e. The molecule has 1 aromatic rings. The molecule has 1 aliphatic heterocycles. The lowest BCUT2D eigenvalue weighted by atomic mass is 10.1. The number of aromatic amines is 1. The Morgan fingerprint density at radius 1 is 1.37 bits per heavy atom. The summed E-state index contributed by atoms with van der Waals surface area (Å²) in [5.74, 6) is 0.0723. The van der Waals surface area contributed by atoms with Gasteiger partial charge in [0, 0.05) is 43.9 Å². The third kappa shape index (κ3) is 2.62. The monoisotopic (exact) mass is 284 g/mol. The fourth-order valence-corrected chi connectivity index (χ4v) is 3.03. The number of aromatic nitrogens is 2. The van der Waals surface area contributed by atoms with E-state index in [2.05, 4.69) is 15.5 Å². The summed E-state index contributed by atoms with van der Waals surface area (Å²) in [7, 11) is 1.91. The average Bonchev–Trinajstić information content (AvgIpc) is 3.06. The normalized spacial score (nSPS) is 18.8. The van der Waals surface area contributed by atoms with Gasteiger partial charge in [0.1, 0.15) is 0 Å². The quantitative estimate of drug-likeness (QED) is 0.865. The van der Waals surface area contributed by atoms with Crippen LogP contribution in [-0.2, 0) is 13.0 Å². The number of amides is 1. The van der Waals surface area contributed by atoms with Gasteiger partial charge in [0.15, 0.2) is 5.69 Å². The van der Waals surface area contributed by atoms with Crippen LogP contribution >= 0.6 is 12.4 Å². The second kappa shape index (κ2) is 5.92. The zero-order chi connectivity index (χ0) is 12.5. The number of nitrogens with zero attached hydrogens (tertiary/aromatic N) is 2. The highest BCUT2D eigenvalue weighted by Gasteiger charge is 2.28. The lowest BCUT2D eigenvalue weighted by Gasteiger charge is -2.24. The third-order valence-corrected chi connectivity index (χ3v) is 4.20. The summed E-state index contributed by atoms with van der Waals surface area (Å²) in [5, 5.41) is 10.5. The molecule has 19 heavy (non-hydrogen) atoms. The Labute approximate surface area is 119 Å². The van der Waals surface area contributed by atoms with E-state index in [0.29, 0.717) is 11.7 Å². The van der Waals surface area contributed by atoms with Gasteiger partial charge in [-0.05, 0) is 12.8 Å². The number of nitrogens with one attached hydrogen (secondary N) is 2. The van der Waals surface area contributed by atoms with Crippen LogP contribution < -0.4 is 5.32 Å². The summed E-state index contributed by atoms with van der Waals surface area (Å²) in [5.41, 5.74) is 2.81. The first-order valence-electron chi connectivity index (χ1n) is 6.81. The van der Waals surface area contributed by atoms with Gasteiger partial charge in [0.05, 0.1) is 0 Å². The van der Waals surface area contributed by atoms with E-state index in [1.807, 2.05) is 11.9 Å². The first kappa shape index (κ1) is 14.3. The second-order valence-corrected chi connectivity index (χ2v) is 5.31. The molecule has 2 heterocycles. The molecule has 1 fully saturated rings. The molecule has 2 N–H and O–H groups in total. The Balaban J connectivity index is 0.00000133. The maximum atomic E-state index is 12.5. The fourth-order valence-electron chi connectivity index (χ4n) is 3.03. The minimum atomic E-state index is 0. The van der Waals surface area contributed by atoms with E-state index in [1.165, 1.54) is 12.8 Å². The largest absolute Gasteiger partial charge is 0.337 e. The van der Waals surface area contributed by atoms with Gasteiger partial charge in [-0.15, -0.1) is 12.4 Å². The van der Waals surface area contributed by atoms with Crippen LogP contribution in [0.2, 0.25) is 0 Å². The number of H-pyrrole nitrogens is 1. The van der Waals surface area contributed by atoms with Crippen molar-refractivity contribution < 1.29 is 4.79 Å². The molecule has 0 radical (unpaired) electrons. The minimum absolute atomic E-state index is 0. The summed E-state index contributed by atoms with van der Waals surface area (Å²) in [6, 6.07) is 0.404. The summed E-state index contributed by atoms with van der Waals surface area (Å²) in [6.07, 6.45) is 5.67. The number of halogens is 1. The number of rotatable bonds is 2. The van der Waals surface area contributed by atoms with E-state index >= 15 is 0 Å². The smallest absolute Gasteiger partial charge is 0.274 e. The number of hydrogen-bond donors (Lipinski definition) is 2. The topological polar surface area (TPSA) is 61.0 Å². The van der Waals surface area contributed by atoms with E-state index in [9.17, 15) is 4.79 Å². The number of carbonyl (C=O) groups excluding carboxylic acids is 1. The highest BCUT2D eigenvalue weighted by molar-refractivity contribution is 5.94. The Morgan fingerprint density at radius 2 is 2.11 bits per heavy atom. The van der Waals surface area contributed by atoms with E-state index < -0.39 is 0 Å². The van der Waals surface area contributed by atoms with Crippen molar-refractivity contribution in [2.75, 3.05) is 13.6 Å². The van der Waals surface area contributed by atoms with Crippen molar-refractivity contribution in [3.05, 3.63) is 17.0 Å². The van der Waals surface area contributed by atoms with Gasteiger partial charge < -0.3 is 10.2 Å². The molecule has 0 unspecified atom stereocenters. The zero-order valence-electron chi connectivity index (χ0n) is 11.2. The lowest BCUT2D eigenvalue weighted by molar-refractivity contribution is 0.0728. The summed E-state index contributed by atoms with van der Waals surface area (Å²) in [4.78, 5) is 14.4. The standard InChI is InChI=1S/C13H20N4O.ClH/c1-17(9-4-2-3-5-9)13(18)12-10-8-14-7-6-11(10)15-16-12;/h9,14H,2-8H2,1H3,(H,15,16);1H. The SMILES string of the molecule is CN(C(=O)c1n[nH]c2c1CNCC2)C1CCCC1.Cl. The van der Waals surface area contributed by atoms with Gasteiger partial charge in [-0.3, -0.25) is 9.89 Å². The molecule has 6 heteroatoms. The predicted molar refractivity (Wildman–Crippen MR) is 75.6 cm³/mol. The molecule has 2 aliphatic rings. The van der Waals surface area contributed by atoms with Gasteiger partial charge in [0.25, 0.3) is 5.91 Å². The molecule has 0 atom stereocenters. The van der Waals surface area contributed by atoms with Crippen molar-refractivity contribution in [1.29, 1.82) is 0 Å². The second-order valence-electron chi connectivity index (χ2n) is 5.31. The van der Waals surface area contributed by atoms with Gasteiger partial charge in [-0.25, -0.2) is 0 Å². The Bertz CT molecular complexity index is 453. The molecule has 106 valence electrons. The van der Waals surface area contributed by atoms with Crippen molar-refractivity contribution in [2.45, 2.75) is 44.7 Å². The molecule has 0 spiro atoms. The Morgan fingerprint density at radius 3 is 2.84 bits per heavy atom. The van der Waals surface area contributed by atoms with Gasteiger partial charge in [-0.1, -0.05) is 12.8 Å². The number of carbonyl (C=O) groups is 1. The predicted octanol–water partition coefficient (Wildman–Crippen LogP) is 1.49. The van der Waals surface area contributed by atoms with E-state index in [-0.39, 0.29) is 18.3 Å².